The maximum absolute atomic E-state index is 10.5. The fourth-order valence-corrected chi connectivity index (χ4v) is 2.20. The first-order valence-electron chi connectivity index (χ1n) is 5.89. The van der Waals surface area contributed by atoms with Crippen molar-refractivity contribution in [3.8, 4) is 5.75 Å². The second-order valence-corrected chi connectivity index (χ2v) is 4.34. The molecule has 1 aromatic carbocycles. The Labute approximate surface area is 96.2 Å². The van der Waals surface area contributed by atoms with Gasteiger partial charge in [0.15, 0.2) is 0 Å². The number of benzene rings is 1. The summed E-state index contributed by atoms with van der Waals surface area (Å²) in [5.74, 6) is 0.851. The normalized spacial score (nSPS) is 18.4. The average Bonchev–Trinajstić information content (AvgIpc) is 2.37. The molecule has 1 atom stereocenters. The summed E-state index contributed by atoms with van der Waals surface area (Å²) in [7, 11) is 0. The predicted octanol–water partition coefficient (Wildman–Crippen LogP) is 1.57. The van der Waals surface area contributed by atoms with Gasteiger partial charge in [-0.2, -0.15) is 0 Å². The summed E-state index contributed by atoms with van der Waals surface area (Å²) in [6.45, 7) is 2.90. The monoisotopic (exact) mass is 221 g/mol. The number of ether oxygens (including phenoxy) is 1. The largest absolute Gasteiger partial charge is 0.493 e. The van der Waals surface area contributed by atoms with Gasteiger partial charge in [0.2, 0.25) is 0 Å². The summed E-state index contributed by atoms with van der Waals surface area (Å²) in [5, 5.41) is 10.5. The highest BCUT2D eigenvalue weighted by atomic mass is 16.5. The van der Waals surface area contributed by atoms with E-state index < -0.39 is 5.60 Å². The quantitative estimate of drug-likeness (QED) is 0.814. The number of fused-ring (bicyclic) bond motifs is 1. The molecule has 1 unspecified atom stereocenters. The van der Waals surface area contributed by atoms with Gasteiger partial charge in [-0.05, 0) is 24.8 Å². The number of para-hydroxylation sites is 1. The van der Waals surface area contributed by atoms with E-state index in [1.54, 1.807) is 0 Å². The van der Waals surface area contributed by atoms with Crippen LogP contribution in [0.4, 0.5) is 0 Å². The van der Waals surface area contributed by atoms with Crippen molar-refractivity contribution in [3.05, 3.63) is 29.3 Å². The van der Waals surface area contributed by atoms with Crippen LogP contribution >= 0.6 is 0 Å². The van der Waals surface area contributed by atoms with Crippen LogP contribution in [0.25, 0.3) is 0 Å². The van der Waals surface area contributed by atoms with Gasteiger partial charge in [0.05, 0.1) is 6.61 Å². The van der Waals surface area contributed by atoms with E-state index in [1.165, 1.54) is 5.56 Å². The lowest BCUT2D eigenvalue weighted by Gasteiger charge is -2.30. The van der Waals surface area contributed by atoms with Crippen LogP contribution in [0.2, 0.25) is 0 Å². The highest BCUT2D eigenvalue weighted by molar-refractivity contribution is 5.46. The van der Waals surface area contributed by atoms with E-state index in [4.69, 9.17) is 10.5 Å². The molecule has 1 heterocycles. The van der Waals surface area contributed by atoms with Gasteiger partial charge >= 0.3 is 0 Å². The highest BCUT2D eigenvalue weighted by Gasteiger charge is 2.30. The SMILES string of the molecule is CCC(O)(CN)c1cccc2c1OCCC2. The highest BCUT2D eigenvalue weighted by Crippen LogP contribution is 2.36. The Bertz CT molecular complexity index is 372. The Kier molecular flexibility index (Phi) is 3.17. The molecule has 0 bridgehead atoms. The molecule has 88 valence electrons. The summed E-state index contributed by atoms with van der Waals surface area (Å²) < 4.78 is 5.69. The van der Waals surface area contributed by atoms with Gasteiger partial charge in [-0.15, -0.1) is 0 Å². The van der Waals surface area contributed by atoms with E-state index in [1.807, 2.05) is 19.1 Å². The van der Waals surface area contributed by atoms with Crippen molar-refractivity contribution in [2.45, 2.75) is 31.8 Å². The maximum Gasteiger partial charge on any atom is 0.128 e. The molecule has 0 radical (unpaired) electrons. The molecule has 1 aliphatic heterocycles. The molecule has 3 nitrogen and oxygen atoms in total. The van der Waals surface area contributed by atoms with Crippen LogP contribution < -0.4 is 10.5 Å². The molecule has 0 saturated carbocycles. The Morgan fingerprint density at radius 2 is 2.31 bits per heavy atom. The molecule has 0 amide bonds. The Balaban J connectivity index is 2.48. The number of nitrogens with two attached hydrogens (primary N) is 1. The van der Waals surface area contributed by atoms with E-state index in [-0.39, 0.29) is 6.54 Å². The van der Waals surface area contributed by atoms with E-state index in [0.717, 1.165) is 30.8 Å². The molecule has 1 aliphatic rings. The fraction of sp³-hybridized carbons (Fsp3) is 0.538. The Morgan fingerprint density at radius 3 is 3.00 bits per heavy atom. The number of rotatable bonds is 3. The van der Waals surface area contributed by atoms with Gasteiger partial charge in [-0.1, -0.05) is 25.1 Å². The van der Waals surface area contributed by atoms with Gasteiger partial charge in [-0.3, -0.25) is 0 Å². The van der Waals surface area contributed by atoms with Crippen LogP contribution in [0.3, 0.4) is 0 Å². The zero-order chi connectivity index (χ0) is 11.6. The van der Waals surface area contributed by atoms with E-state index >= 15 is 0 Å². The third-order valence-corrected chi connectivity index (χ3v) is 3.36. The average molecular weight is 221 g/mol. The molecule has 16 heavy (non-hydrogen) atoms. The van der Waals surface area contributed by atoms with Crippen LogP contribution in [-0.4, -0.2) is 18.3 Å². The molecule has 3 heteroatoms. The lowest BCUT2D eigenvalue weighted by Crippen LogP contribution is -2.35. The molecule has 1 aromatic rings. The lowest BCUT2D eigenvalue weighted by atomic mass is 9.88. The lowest BCUT2D eigenvalue weighted by molar-refractivity contribution is 0.0381. The number of hydrogen-bond acceptors (Lipinski definition) is 3. The van der Waals surface area contributed by atoms with Crippen molar-refractivity contribution in [2.75, 3.05) is 13.2 Å². The second kappa shape index (κ2) is 4.44. The number of aryl methyl sites for hydroxylation is 1. The Morgan fingerprint density at radius 1 is 1.50 bits per heavy atom. The second-order valence-electron chi connectivity index (χ2n) is 4.34. The van der Waals surface area contributed by atoms with Crippen LogP contribution in [0, 0.1) is 0 Å². The molecule has 0 fully saturated rings. The third kappa shape index (κ3) is 1.81. The summed E-state index contributed by atoms with van der Waals surface area (Å²) >= 11 is 0. The summed E-state index contributed by atoms with van der Waals surface area (Å²) in [5.41, 5.74) is 6.75. The van der Waals surface area contributed by atoms with Crippen LogP contribution in [0.5, 0.6) is 5.75 Å². The first-order valence-corrected chi connectivity index (χ1v) is 5.89. The molecular formula is C13H19NO2. The van der Waals surface area contributed by atoms with Crippen molar-refractivity contribution in [1.82, 2.24) is 0 Å². The molecular weight excluding hydrogens is 202 g/mol. The zero-order valence-corrected chi connectivity index (χ0v) is 9.70. The minimum Gasteiger partial charge on any atom is -0.493 e. The topological polar surface area (TPSA) is 55.5 Å². The van der Waals surface area contributed by atoms with Crippen molar-refractivity contribution in [3.63, 3.8) is 0 Å². The Hall–Kier alpha value is -1.06. The van der Waals surface area contributed by atoms with E-state index in [0.29, 0.717) is 6.42 Å². The van der Waals surface area contributed by atoms with Crippen molar-refractivity contribution in [1.29, 1.82) is 0 Å². The van der Waals surface area contributed by atoms with Crippen molar-refractivity contribution >= 4 is 0 Å². The van der Waals surface area contributed by atoms with E-state index in [9.17, 15) is 5.11 Å². The minimum atomic E-state index is -0.956. The summed E-state index contributed by atoms with van der Waals surface area (Å²) in [4.78, 5) is 0. The van der Waals surface area contributed by atoms with Gasteiger partial charge in [0, 0.05) is 12.1 Å². The van der Waals surface area contributed by atoms with Crippen LogP contribution in [0.1, 0.15) is 30.9 Å². The number of hydrogen-bond donors (Lipinski definition) is 2. The molecule has 2 rings (SSSR count). The summed E-state index contributed by atoms with van der Waals surface area (Å²) in [6.07, 6.45) is 2.67. The third-order valence-electron chi connectivity index (χ3n) is 3.36. The molecule has 0 aliphatic carbocycles. The molecule has 0 aromatic heterocycles. The van der Waals surface area contributed by atoms with Crippen molar-refractivity contribution < 1.29 is 9.84 Å². The number of aliphatic hydroxyl groups is 1. The molecule has 0 saturated heterocycles. The van der Waals surface area contributed by atoms with Gasteiger partial charge in [0.1, 0.15) is 11.4 Å². The zero-order valence-electron chi connectivity index (χ0n) is 9.70. The first-order chi connectivity index (χ1) is 7.71. The standard InChI is InChI=1S/C13H19NO2/c1-2-13(15,9-14)11-7-3-5-10-6-4-8-16-12(10)11/h3,5,7,15H,2,4,6,8-9,14H2,1H3. The van der Waals surface area contributed by atoms with Gasteiger partial charge < -0.3 is 15.6 Å². The van der Waals surface area contributed by atoms with E-state index in [2.05, 4.69) is 6.07 Å². The summed E-state index contributed by atoms with van der Waals surface area (Å²) in [6, 6.07) is 5.95. The van der Waals surface area contributed by atoms with Gasteiger partial charge in [-0.25, -0.2) is 0 Å². The van der Waals surface area contributed by atoms with Crippen molar-refractivity contribution in [2.24, 2.45) is 5.73 Å². The fourth-order valence-electron chi connectivity index (χ4n) is 2.20. The molecule has 3 N–H and O–H groups in total. The van der Waals surface area contributed by atoms with Crippen LogP contribution in [-0.2, 0) is 12.0 Å². The molecule has 0 spiro atoms. The smallest absolute Gasteiger partial charge is 0.128 e. The predicted molar refractivity (Wildman–Crippen MR) is 63.5 cm³/mol. The first kappa shape index (κ1) is 11.4. The van der Waals surface area contributed by atoms with Crippen LogP contribution in [0.15, 0.2) is 18.2 Å². The van der Waals surface area contributed by atoms with Gasteiger partial charge in [0.25, 0.3) is 0 Å². The maximum atomic E-state index is 10.5. The minimum absolute atomic E-state index is 0.226.